The highest BCUT2D eigenvalue weighted by Gasteiger charge is 2.38. The molecular weight excluding hydrogens is 503 g/mol. The van der Waals surface area contributed by atoms with Crippen LogP contribution in [0.25, 0.3) is 44.8 Å². The lowest BCUT2D eigenvalue weighted by atomic mass is 9.81. The molecule has 1 aromatic heterocycles. The summed E-state index contributed by atoms with van der Waals surface area (Å²) in [5.41, 5.74) is 12.2. The molecule has 0 amide bonds. The van der Waals surface area contributed by atoms with Crippen molar-refractivity contribution in [3.05, 3.63) is 125 Å². The number of benzene rings is 4. The van der Waals surface area contributed by atoms with Crippen molar-refractivity contribution in [3.63, 3.8) is 0 Å². The van der Waals surface area contributed by atoms with E-state index in [1.807, 2.05) is 6.07 Å². The molecule has 0 N–H and O–H groups in total. The van der Waals surface area contributed by atoms with E-state index in [1.54, 1.807) is 12.1 Å². The van der Waals surface area contributed by atoms with Crippen LogP contribution in [0.15, 0.2) is 97.1 Å². The third-order valence-electron chi connectivity index (χ3n) is 8.94. The number of halogens is 3. The normalized spacial score (nSPS) is 15.8. The van der Waals surface area contributed by atoms with E-state index in [-0.39, 0.29) is 10.8 Å². The summed E-state index contributed by atoms with van der Waals surface area (Å²) in [7, 11) is 0. The van der Waals surface area contributed by atoms with E-state index in [0.717, 1.165) is 51.3 Å². The Balaban J connectivity index is 1.32. The molecule has 2 aliphatic carbocycles. The van der Waals surface area contributed by atoms with Gasteiger partial charge in [0.25, 0.3) is 0 Å². The number of nitrogens with zero attached hydrogens (tertiary/aromatic N) is 1. The monoisotopic (exact) mass is 531 g/mol. The average Bonchev–Trinajstić information content (AvgIpc) is 3.31. The molecule has 5 aromatic rings. The number of rotatable bonds is 2. The van der Waals surface area contributed by atoms with Gasteiger partial charge in [0.2, 0.25) is 0 Å². The van der Waals surface area contributed by atoms with Crippen molar-refractivity contribution in [2.75, 3.05) is 0 Å². The van der Waals surface area contributed by atoms with Crippen LogP contribution >= 0.6 is 0 Å². The maximum atomic E-state index is 13.1. The lowest BCUT2D eigenvalue weighted by Crippen LogP contribution is -2.15. The maximum Gasteiger partial charge on any atom is 0.416 e. The molecule has 1 nitrogen and oxygen atoms in total. The van der Waals surface area contributed by atoms with Crippen LogP contribution < -0.4 is 0 Å². The van der Waals surface area contributed by atoms with Crippen molar-refractivity contribution in [2.24, 2.45) is 0 Å². The molecule has 0 spiro atoms. The minimum atomic E-state index is -4.35. The van der Waals surface area contributed by atoms with Gasteiger partial charge < -0.3 is 0 Å². The van der Waals surface area contributed by atoms with Crippen LogP contribution in [-0.2, 0) is 17.0 Å². The molecule has 0 aliphatic heterocycles. The number of alkyl halides is 3. The van der Waals surface area contributed by atoms with E-state index in [2.05, 4.69) is 94.4 Å². The molecule has 4 aromatic carbocycles. The average molecular weight is 532 g/mol. The van der Waals surface area contributed by atoms with Crippen molar-refractivity contribution < 1.29 is 13.2 Å². The topological polar surface area (TPSA) is 12.9 Å². The molecule has 2 aliphatic rings. The largest absolute Gasteiger partial charge is 0.416 e. The van der Waals surface area contributed by atoms with Crippen molar-refractivity contribution in [1.29, 1.82) is 0 Å². The van der Waals surface area contributed by atoms with Crippen LogP contribution in [0.3, 0.4) is 0 Å². The van der Waals surface area contributed by atoms with E-state index in [1.165, 1.54) is 27.8 Å². The Morgan fingerprint density at radius 3 is 1.88 bits per heavy atom. The van der Waals surface area contributed by atoms with Gasteiger partial charge in [-0.05, 0) is 74.8 Å². The Kier molecular flexibility index (Phi) is 5.07. The predicted octanol–water partition coefficient (Wildman–Crippen LogP) is 10.0. The van der Waals surface area contributed by atoms with Gasteiger partial charge in [-0.3, -0.25) is 0 Å². The smallest absolute Gasteiger partial charge is 0.247 e. The van der Waals surface area contributed by atoms with Crippen LogP contribution in [-0.4, -0.2) is 4.98 Å². The summed E-state index contributed by atoms with van der Waals surface area (Å²) in [5.74, 6) is 0. The van der Waals surface area contributed by atoms with Gasteiger partial charge >= 0.3 is 6.18 Å². The molecular formula is C36H28F3N. The second-order valence-corrected chi connectivity index (χ2v) is 12.0. The van der Waals surface area contributed by atoms with E-state index in [9.17, 15) is 13.2 Å². The zero-order valence-corrected chi connectivity index (χ0v) is 22.8. The highest BCUT2D eigenvalue weighted by molar-refractivity contribution is 5.86. The first kappa shape index (κ1) is 24.8. The quantitative estimate of drug-likeness (QED) is 0.221. The minimum absolute atomic E-state index is 0.0934. The van der Waals surface area contributed by atoms with Gasteiger partial charge in [-0.2, -0.15) is 13.2 Å². The van der Waals surface area contributed by atoms with Gasteiger partial charge in [-0.1, -0.05) is 94.4 Å². The molecule has 4 heteroatoms. The van der Waals surface area contributed by atoms with Gasteiger partial charge in [-0.15, -0.1) is 0 Å². The Morgan fingerprint density at radius 1 is 0.525 bits per heavy atom. The minimum Gasteiger partial charge on any atom is -0.247 e. The standard InChI is InChI=1S/C36H28F3N/c1-34(2)29-16-12-22(21-9-13-24(14-10-21)36(37,38)39)19-27(29)33-30(34)17-18-32(40-33)23-11-15-26-25-7-5-6-8-28(25)35(3,4)31(26)20-23/h5-20H,1-4H3. The Bertz CT molecular complexity index is 1820. The van der Waals surface area contributed by atoms with Crippen LogP contribution in [0.1, 0.15) is 55.5 Å². The van der Waals surface area contributed by atoms with E-state index >= 15 is 0 Å². The maximum absolute atomic E-state index is 13.1. The van der Waals surface area contributed by atoms with Gasteiger partial charge in [0.1, 0.15) is 0 Å². The van der Waals surface area contributed by atoms with Crippen molar-refractivity contribution >= 4 is 0 Å². The number of pyridine rings is 1. The highest BCUT2D eigenvalue weighted by Crippen LogP contribution is 2.51. The van der Waals surface area contributed by atoms with Crippen LogP contribution in [0.2, 0.25) is 0 Å². The zero-order chi connectivity index (χ0) is 28.0. The first-order chi connectivity index (χ1) is 19.0. The fourth-order valence-electron chi connectivity index (χ4n) is 6.65. The summed E-state index contributed by atoms with van der Waals surface area (Å²) >= 11 is 0. The van der Waals surface area contributed by atoms with E-state index < -0.39 is 11.7 Å². The second kappa shape index (κ2) is 8.17. The Hall–Kier alpha value is -4.18. The van der Waals surface area contributed by atoms with Crippen LogP contribution in [0, 0.1) is 0 Å². The highest BCUT2D eigenvalue weighted by atomic mass is 19.4. The van der Waals surface area contributed by atoms with E-state index in [4.69, 9.17) is 4.98 Å². The number of hydrogen-bond donors (Lipinski definition) is 0. The van der Waals surface area contributed by atoms with Crippen molar-refractivity contribution in [3.8, 4) is 44.8 Å². The second-order valence-electron chi connectivity index (χ2n) is 12.0. The summed E-state index contributed by atoms with van der Waals surface area (Å²) in [6.45, 7) is 8.95. The van der Waals surface area contributed by atoms with Gasteiger partial charge in [0.15, 0.2) is 0 Å². The lowest BCUT2D eigenvalue weighted by molar-refractivity contribution is -0.137. The Labute approximate surface area is 232 Å². The molecule has 0 atom stereocenters. The molecule has 7 rings (SSSR count). The summed E-state index contributed by atoms with van der Waals surface area (Å²) in [6.07, 6.45) is -4.35. The molecule has 0 unspecified atom stereocenters. The summed E-state index contributed by atoms with van der Waals surface area (Å²) < 4.78 is 39.3. The number of hydrogen-bond acceptors (Lipinski definition) is 1. The first-order valence-electron chi connectivity index (χ1n) is 13.5. The van der Waals surface area contributed by atoms with Gasteiger partial charge in [0.05, 0.1) is 17.0 Å². The summed E-state index contributed by atoms with van der Waals surface area (Å²) in [6, 6.07) is 31.1. The predicted molar refractivity (Wildman–Crippen MR) is 155 cm³/mol. The fourth-order valence-corrected chi connectivity index (χ4v) is 6.65. The molecule has 40 heavy (non-hydrogen) atoms. The molecule has 0 saturated carbocycles. The lowest BCUT2D eigenvalue weighted by Gasteiger charge is -2.22. The molecule has 0 saturated heterocycles. The molecule has 0 bridgehead atoms. The number of aromatic nitrogens is 1. The summed E-state index contributed by atoms with van der Waals surface area (Å²) in [4.78, 5) is 5.22. The third kappa shape index (κ3) is 3.51. The third-order valence-corrected chi connectivity index (χ3v) is 8.94. The molecule has 1 heterocycles. The molecule has 198 valence electrons. The van der Waals surface area contributed by atoms with Crippen LogP contribution in [0.5, 0.6) is 0 Å². The van der Waals surface area contributed by atoms with Crippen molar-refractivity contribution in [1.82, 2.24) is 4.98 Å². The molecule has 0 fully saturated rings. The SMILES string of the molecule is CC1(C)c2ccccc2-c2ccc(-c3ccc4c(n3)-c3cc(-c5ccc(C(F)(F)F)cc5)ccc3C4(C)C)cc21. The van der Waals surface area contributed by atoms with E-state index in [0.29, 0.717) is 0 Å². The first-order valence-corrected chi connectivity index (χ1v) is 13.5. The fraction of sp³-hybridized carbons (Fsp3) is 0.194. The Morgan fingerprint density at radius 2 is 1.12 bits per heavy atom. The van der Waals surface area contributed by atoms with Crippen molar-refractivity contribution in [2.45, 2.75) is 44.7 Å². The summed E-state index contributed by atoms with van der Waals surface area (Å²) in [5, 5.41) is 0. The van der Waals surface area contributed by atoms with Gasteiger partial charge in [-0.25, -0.2) is 4.98 Å². The molecule has 0 radical (unpaired) electrons. The number of fused-ring (bicyclic) bond motifs is 6. The van der Waals surface area contributed by atoms with Gasteiger partial charge in [0, 0.05) is 22.0 Å². The van der Waals surface area contributed by atoms with Crippen LogP contribution in [0.4, 0.5) is 13.2 Å². The zero-order valence-electron chi connectivity index (χ0n) is 22.8.